The van der Waals surface area contributed by atoms with Crippen LogP contribution in [-0.2, 0) is 4.79 Å². The number of amides is 1. The van der Waals surface area contributed by atoms with Gasteiger partial charge >= 0.3 is 0 Å². The van der Waals surface area contributed by atoms with Gasteiger partial charge in [0.25, 0.3) is 0 Å². The van der Waals surface area contributed by atoms with Crippen LogP contribution in [0.5, 0.6) is 0 Å². The van der Waals surface area contributed by atoms with Gasteiger partial charge in [-0.1, -0.05) is 43.6 Å². The summed E-state index contributed by atoms with van der Waals surface area (Å²) in [5, 5.41) is 21.4. The van der Waals surface area contributed by atoms with Crippen molar-refractivity contribution in [3.8, 4) is 0 Å². The van der Waals surface area contributed by atoms with Crippen molar-refractivity contribution in [1.82, 2.24) is 10.4 Å². The van der Waals surface area contributed by atoms with E-state index in [1.54, 1.807) is 0 Å². The molecule has 0 bridgehead atoms. The lowest BCUT2D eigenvalue weighted by Gasteiger charge is -2.56. The Morgan fingerprint density at radius 3 is 2.44 bits per heavy atom. The van der Waals surface area contributed by atoms with E-state index in [2.05, 4.69) is 15.3 Å². The Labute approximate surface area is 149 Å². The molecule has 140 valence electrons. The summed E-state index contributed by atoms with van der Waals surface area (Å²) in [5.74, 6) is -0.158. The average molecular weight is 348 g/mol. The summed E-state index contributed by atoms with van der Waals surface area (Å²) in [4.78, 5) is 15.7. The average Bonchev–Trinajstić information content (AvgIpc) is 2.86. The first-order valence-corrected chi connectivity index (χ1v) is 9.91. The predicted molar refractivity (Wildman–Crippen MR) is 96.6 cm³/mol. The maximum atomic E-state index is 13.5. The van der Waals surface area contributed by atoms with Gasteiger partial charge in [-0.3, -0.25) is 4.79 Å². The standard InChI is InChI=1S/C18H30N5O2/c19-22-21-13-7-12-20-16(24)15-14-17(8-3-1-4-9-17)23(25)18(15)10-5-2-6-11-18/h15H,1-14H2,(H,20,24)/q-1. The summed E-state index contributed by atoms with van der Waals surface area (Å²) in [7, 11) is 0. The first-order valence-electron chi connectivity index (χ1n) is 9.91. The predicted octanol–water partition coefficient (Wildman–Crippen LogP) is 4.03. The molecule has 1 atom stereocenters. The Morgan fingerprint density at radius 1 is 1.16 bits per heavy atom. The van der Waals surface area contributed by atoms with Crippen LogP contribution in [0.1, 0.15) is 77.0 Å². The number of azide groups is 1. The van der Waals surface area contributed by atoms with E-state index in [0.717, 1.165) is 57.8 Å². The van der Waals surface area contributed by atoms with Gasteiger partial charge in [0, 0.05) is 29.1 Å². The number of carbonyl (C=O) groups is 1. The van der Waals surface area contributed by atoms with E-state index >= 15 is 0 Å². The van der Waals surface area contributed by atoms with Gasteiger partial charge in [-0.15, -0.1) is 0 Å². The molecule has 25 heavy (non-hydrogen) atoms. The molecule has 0 aromatic rings. The number of nitrogens with zero attached hydrogens (tertiary/aromatic N) is 4. The van der Waals surface area contributed by atoms with Crippen LogP contribution < -0.4 is 5.32 Å². The van der Waals surface area contributed by atoms with Crippen LogP contribution in [0.3, 0.4) is 0 Å². The zero-order chi connectivity index (χ0) is 17.8. The number of carbonyl (C=O) groups excluding carboxylic acids is 1. The lowest BCUT2D eigenvalue weighted by molar-refractivity contribution is -0.128. The first kappa shape index (κ1) is 18.5. The molecule has 3 aliphatic rings. The SMILES string of the molecule is [N-]=[N+]=NCCCNC(=O)C1CC2(CCCCC2)N([O-])C12CCCCC2. The van der Waals surface area contributed by atoms with Gasteiger partial charge in [-0.25, -0.2) is 0 Å². The van der Waals surface area contributed by atoms with Crippen LogP contribution in [-0.4, -0.2) is 35.1 Å². The van der Waals surface area contributed by atoms with Crippen molar-refractivity contribution in [2.75, 3.05) is 13.1 Å². The van der Waals surface area contributed by atoms with Crippen molar-refractivity contribution in [2.45, 2.75) is 88.1 Å². The summed E-state index contributed by atoms with van der Waals surface area (Å²) in [6.07, 6.45) is 11.7. The highest BCUT2D eigenvalue weighted by Gasteiger charge is 2.58. The molecule has 1 heterocycles. The molecular formula is C18H30N5O2-. The summed E-state index contributed by atoms with van der Waals surface area (Å²) in [6, 6.07) is 0. The molecule has 1 N–H and O–H groups in total. The van der Waals surface area contributed by atoms with Crippen LogP contribution in [0.15, 0.2) is 5.11 Å². The fourth-order valence-electron chi connectivity index (χ4n) is 5.47. The normalized spacial score (nSPS) is 28.0. The maximum absolute atomic E-state index is 13.5. The Bertz CT molecular complexity index is 520. The molecule has 0 radical (unpaired) electrons. The van der Waals surface area contributed by atoms with E-state index in [4.69, 9.17) is 5.53 Å². The molecule has 7 nitrogen and oxygen atoms in total. The smallest absolute Gasteiger partial charge is 0.225 e. The van der Waals surface area contributed by atoms with Crippen LogP contribution in [0.2, 0.25) is 0 Å². The lowest BCUT2D eigenvalue weighted by Crippen LogP contribution is -2.55. The number of nitrogens with one attached hydrogen (secondary N) is 1. The second-order valence-electron chi connectivity index (χ2n) is 8.10. The van der Waals surface area contributed by atoms with Crippen molar-refractivity contribution >= 4 is 5.91 Å². The third kappa shape index (κ3) is 3.50. The second kappa shape index (κ2) is 7.94. The molecule has 1 unspecified atom stereocenters. The van der Waals surface area contributed by atoms with Crippen molar-refractivity contribution in [3.63, 3.8) is 0 Å². The number of hydroxylamine groups is 2. The van der Waals surface area contributed by atoms with E-state index in [9.17, 15) is 10.0 Å². The fraction of sp³-hybridized carbons (Fsp3) is 0.944. The lowest BCUT2D eigenvalue weighted by atomic mass is 9.72. The van der Waals surface area contributed by atoms with Crippen molar-refractivity contribution < 1.29 is 4.79 Å². The molecule has 0 aromatic carbocycles. The topological polar surface area (TPSA) is 104 Å². The first-order chi connectivity index (χ1) is 12.1. The Balaban J connectivity index is 1.73. The van der Waals surface area contributed by atoms with Crippen molar-refractivity contribution in [1.29, 1.82) is 0 Å². The van der Waals surface area contributed by atoms with Gasteiger partial charge < -0.3 is 15.6 Å². The molecular weight excluding hydrogens is 318 g/mol. The van der Waals surface area contributed by atoms with E-state index in [1.807, 2.05) is 0 Å². The van der Waals surface area contributed by atoms with Crippen LogP contribution in [0, 0.1) is 11.1 Å². The summed E-state index contributed by atoms with van der Waals surface area (Å²) >= 11 is 0. The molecule has 1 aliphatic heterocycles. The highest BCUT2D eigenvalue weighted by atomic mass is 16.5. The number of rotatable bonds is 5. The van der Waals surface area contributed by atoms with E-state index in [1.165, 1.54) is 17.9 Å². The zero-order valence-electron chi connectivity index (χ0n) is 15.1. The number of hydrogen-bond donors (Lipinski definition) is 1. The van der Waals surface area contributed by atoms with Gasteiger partial charge in [0.15, 0.2) is 0 Å². The zero-order valence-corrected chi connectivity index (χ0v) is 15.1. The van der Waals surface area contributed by atoms with E-state index < -0.39 is 5.54 Å². The molecule has 3 rings (SSSR count). The van der Waals surface area contributed by atoms with Gasteiger partial charge in [0.1, 0.15) is 0 Å². The quantitative estimate of drug-likeness (QED) is 0.351. The maximum Gasteiger partial charge on any atom is 0.225 e. The monoisotopic (exact) mass is 348 g/mol. The highest BCUT2D eigenvalue weighted by molar-refractivity contribution is 5.81. The summed E-state index contributed by atoms with van der Waals surface area (Å²) in [6.45, 7) is 0.903. The third-order valence-corrected chi connectivity index (χ3v) is 6.69. The second-order valence-corrected chi connectivity index (χ2v) is 8.10. The minimum absolute atomic E-state index is 0.0335. The molecule has 2 spiro atoms. The van der Waals surface area contributed by atoms with Crippen LogP contribution in [0.4, 0.5) is 0 Å². The van der Waals surface area contributed by atoms with Gasteiger partial charge in [0.05, 0.1) is 5.92 Å². The van der Waals surface area contributed by atoms with Gasteiger partial charge in [-0.2, -0.15) is 0 Å². The third-order valence-electron chi connectivity index (χ3n) is 6.69. The minimum Gasteiger partial charge on any atom is -0.784 e. The summed E-state index contributed by atoms with van der Waals surface area (Å²) < 4.78 is 0. The van der Waals surface area contributed by atoms with Crippen LogP contribution in [0.25, 0.3) is 10.4 Å². The number of hydrogen-bond acceptors (Lipinski definition) is 4. The van der Waals surface area contributed by atoms with Crippen LogP contribution >= 0.6 is 0 Å². The minimum atomic E-state index is -0.482. The Kier molecular flexibility index (Phi) is 5.87. The van der Waals surface area contributed by atoms with E-state index in [-0.39, 0.29) is 17.4 Å². The molecule has 7 heteroatoms. The molecule has 1 saturated heterocycles. The molecule has 2 saturated carbocycles. The molecule has 3 fully saturated rings. The fourth-order valence-corrected chi connectivity index (χ4v) is 5.47. The largest absolute Gasteiger partial charge is 0.784 e. The summed E-state index contributed by atoms with van der Waals surface area (Å²) in [5.41, 5.74) is 7.53. The highest BCUT2D eigenvalue weighted by Crippen LogP contribution is 2.56. The Morgan fingerprint density at radius 2 is 1.80 bits per heavy atom. The van der Waals surface area contributed by atoms with Crippen molar-refractivity contribution in [3.05, 3.63) is 15.7 Å². The Hall–Kier alpha value is -1.30. The van der Waals surface area contributed by atoms with Gasteiger partial charge in [-0.05, 0) is 44.1 Å². The molecule has 1 amide bonds. The van der Waals surface area contributed by atoms with Crippen molar-refractivity contribution in [2.24, 2.45) is 11.0 Å². The molecule has 0 aromatic heterocycles. The van der Waals surface area contributed by atoms with E-state index in [0.29, 0.717) is 19.5 Å². The molecule has 2 aliphatic carbocycles. The van der Waals surface area contributed by atoms with Gasteiger partial charge in [0.2, 0.25) is 5.91 Å².